The Hall–Kier alpha value is -1.71. The van der Waals surface area contributed by atoms with Crippen molar-refractivity contribution in [3.63, 3.8) is 0 Å². The van der Waals surface area contributed by atoms with Gasteiger partial charge in [0.05, 0.1) is 5.69 Å². The van der Waals surface area contributed by atoms with Gasteiger partial charge in [0.1, 0.15) is 0 Å². The van der Waals surface area contributed by atoms with E-state index >= 15 is 0 Å². The molecule has 0 fully saturated rings. The molecule has 0 amide bonds. The van der Waals surface area contributed by atoms with Crippen LogP contribution in [0, 0.1) is 11.6 Å². The van der Waals surface area contributed by atoms with Crippen LogP contribution in [-0.2, 0) is 0 Å². The zero-order valence-electron chi connectivity index (χ0n) is 9.40. The molecule has 1 heterocycles. The largest absolute Gasteiger partial charge is 0.352 e. The summed E-state index contributed by atoms with van der Waals surface area (Å²) in [6.45, 7) is 5.39. The Morgan fingerprint density at radius 1 is 1.12 bits per heavy atom. The van der Waals surface area contributed by atoms with Crippen LogP contribution < -0.4 is 0 Å². The third-order valence-electron chi connectivity index (χ3n) is 2.04. The van der Waals surface area contributed by atoms with Crippen LogP contribution in [0.3, 0.4) is 0 Å². The van der Waals surface area contributed by atoms with Crippen molar-refractivity contribution in [1.29, 1.82) is 0 Å². The Bertz CT molecular complexity index is 478. The van der Waals surface area contributed by atoms with Crippen molar-refractivity contribution < 1.29 is 13.6 Å². The van der Waals surface area contributed by atoms with Crippen molar-refractivity contribution in [3.05, 3.63) is 35.5 Å². The summed E-state index contributed by atoms with van der Waals surface area (Å²) in [5.74, 6) is -2.00. The minimum absolute atomic E-state index is 0.165. The Balaban J connectivity index is 0.000000606. The first-order valence-electron chi connectivity index (χ1n) is 5.06. The van der Waals surface area contributed by atoms with E-state index in [1.165, 1.54) is 13.0 Å². The molecule has 0 unspecified atom stereocenters. The molecule has 16 heavy (non-hydrogen) atoms. The minimum Gasteiger partial charge on any atom is -0.352 e. The van der Waals surface area contributed by atoms with Gasteiger partial charge < -0.3 is 4.98 Å². The van der Waals surface area contributed by atoms with Gasteiger partial charge in [-0.15, -0.1) is 0 Å². The third-order valence-corrected chi connectivity index (χ3v) is 2.04. The molecule has 1 aromatic heterocycles. The molecule has 0 atom stereocenters. The number of benzene rings is 1. The molecule has 1 N–H and O–H groups in total. The highest BCUT2D eigenvalue weighted by molar-refractivity contribution is 5.97. The molecule has 0 bridgehead atoms. The van der Waals surface area contributed by atoms with E-state index in [2.05, 4.69) is 4.98 Å². The number of aromatic amines is 1. The van der Waals surface area contributed by atoms with Crippen LogP contribution in [0.2, 0.25) is 0 Å². The fourth-order valence-corrected chi connectivity index (χ4v) is 1.32. The number of aromatic nitrogens is 1. The van der Waals surface area contributed by atoms with Crippen molar-refractivity contribution in [2.75, 3.05) is 0 Å². The first-order chi connectivity index (χ1) is 7.58. The number of rotatable bonds is 1. The summed E-state index contributed by atoms with van der Waals surface area (Å²) in [5, 5.41) is 0.495. The lowest BCUT2D eigenvalue weighted by atomic mass is 10.2. The third kappa shape index (κ3) is 2.27. The summed E-state index contributed by atoms with van der Waals surface area (Å²) >= 11 is 0. The number of H-pyrrole nitrogens is 1. The molecule has 1 aromatic carbocycles. The van der Waals surface area contributed by atoms with Gasteiger partial charge >= 0.3 is 0 Å². The van der Waals surface area contributed by atoms with Crippen LogP contribution in [-0.4, -0.2) is 10.8 Å². The number of carbonyl (C=O) groups is 1. The maximum atomic E-state index is 12.8. The SMILES string of the molecule is CC.CC(=O)c1cc2cc(F)c(F)cc2[nH]1. The molecule has 0 radical (unpaired) electrons. The number of nitrogens with one attached hydrogen (secondary N) is 1. The zero-order valence-corrected chi connectivity index (χ0v) is 9.40. The summed E-state index contributed by atoms with van der Waals surface area (Å²) in [6.07, 6.45) is 0. The average Bonchev–Trinajstić information content (AvgIpc) is 2.65. The topological polar surface area (TPSA) is 32.9 Å². The van der Waals surface area contributed by atoms with Crippen LogP contribution in [0.15, 0.2) is 18.2 Å². The van der Waals surface area contributed by atoms with Crippen molar-refractivity contribution in [2.24, 2.45) is 0 Å². The van der Waals surface area contributed by atoms with Crippen LogP contribution in [0.5, 0.6) is 0 Å². The molecule has 86 valence electrons. The van der Waals surface area contributed by atoms with E-state index in [0.717, 1.165) is 12.1 Å². The van der Waals surface area contributed by atoms with Gasteiger partial charge in [-0.3, -0.25) is 4.79 Å². The first-order valence-corrected chi connectivity index (χ1v) is 5.06. The van der Waals surface area contributed by atoms with Gasteiger partial charge in [-0.05, 0) is 12.1 Å². The Labute approximate surface area is 92.3 Å². The maximum absolute atomic E-state index is 12.8. The molecule has 0 aliphatic rings. The van der Waals surface area contributed by atoms with E-state index in [9.17, 15) is 13.6 Å². The standard InChI is InChI=1S/C10H7F2NO.C2H6/c1-5(14)9-3-6-2-7(11)8(12)4-10(6)13-9;1-2/h2-4,13H,1H3;1-2H3. The van der Waals surface area contributed by atoms with Crippen LogP contribution >= 0.6 is 0 Å². The molecule has 0 saturated heterocycles. The summed E-state index contributed by atoms with van der Waals surface area (Å²) < 4.78 is 25.6. The molecule has 2 aromatic rings. The molecule has 0 aliphatic heterocycles. The summed E-state index contributed by atoms with van der Waals surface area (Å²) in [4.78, 5) is 13.7. The van der Waals surface area contributed by atoms with Gasteiger partial charge in [0.15, 0.2) is 17.4 Å². The van der Waals surface area contributed by atoms with Gasteiger partial charge in [0, 0.05) is 23.9 Å². The normalized spacial score (nSPS) is 9.81. The van der Waals surface area contributed by atoms with E-state index < -0.39 is 11.6 Å². The fraction of sp³-hybridized carbons (Fsp3) is 0.250. The van der Waals surface area contributed by atoms with E-state index in [0.29, 0.717) is 16.6 Å². The number of hydrogen-bond donors (Lipinski definition) is 1. The number of halogens is 2. The minimum atomic E-state index is -0.922. The van der Waals surface area contributed by atoms with Gasteiger partial charge in [0.25, 0.3) is 0 Å². The second-order valence-electron chi connectivity index (χ2n) is 3.09. The summed E-state index contributed by atoms with van der Waals surface area (Å²) in [7, 11) is 0. The molecular weight excluding hydrogens is 212 g/mol. The highest BCUT2D eigenvalue weighted by atomic mass is 19.2. The van der Waals surface area contributed by atoms with Gasteiger partial charge in [0.2, 0.25) is 0 Å². The quantitative estimate of drug-likeness (QED) is 0.738. The Morgan fingerprint density at radius 2 is 1.69 bits per heavy atom. The van der Waals surface area contributed by atoms with Crippen molar-refractivity contribution >= 4 is 16.7 Å². The van der Waals surface area contributed by atoms with E-state index in [1.807, 2.05) is 13.8 Å². The lowest BCUT2D eigenvalue weighted by Gasteiger charge is -1.91. The summed E-state index contributed by atoms with van der Waals surface area (Å²) in [6, 6.07) is 3.60. The highest BCUT2D eigenvalue weighted by Crippen LogP contribution is 2.19. The van der Waals surface area contributed by atoms with Crippen LogP contribution in [0.4, 0.5) is 8.78 Å². The van der Waals surface area contributed by atoms with Gasteiger partial charge in [-0.2, -0.15) is 0 Å². The molecule has 0 aliphatic carbocycles. The number of hydrogen-bond acceptors (Lipinski definition) is 1. The molecule has 2 nitrogen and oxygen atoms in total. The second-order valence-corrected chi connectivity index (χ2v) is 3.09. The molecule has 4 heteroatoms. The van der Waals surface area contributed by atoms with E-state index in [-0.39, 0.29) is 5.78 Å². The Morgan fingerprint density at radius 3 is 2.25 bits per heavy atom. The first kappa shape index (κ1) is 12.4. The fourth-order valence-electron chi connectivity index (χ4n) is 1.32. The second kappa shape index (κ2) is 4.88. The van der Waals surface area contributed by atoms with E-state index in [4.69, 9.17) is 0 Å². The number of Topliss-reactive ketones (excluding diaryl/α,β-unsaturated/α-hetero) is 1. The van der Waals surface area contributed by atoms with Crippen molar-refractivity contribution in [3.8, 4) is 0 Å². The predicted molar refractivity (Wildman–Crippen MR) is 59.6 cm³/mol. The van der Waals surface area contributed by atoms with Crippen LogP contribution in [0.25, 0.3) is 10.9 Å². The van der Waals surface area contributed by atoms with Crippen LogP contribution in [0.1, 0.15) is 31.3 Å². The molecule has 0 saturated carbocycles. The van der Waals surface area contributed by atoms with Gasteiger partial charge in [-0.1, -0.05) is 13.8 Å². The molecule has 2 rings (SSSR count). The monoisotopic (exact) mass is 225 g/mol. The average molecular weight is 225 g/mol. The molecule has 0 spiro atoms. The number of ketones is 1. The lowest BCUT2D eigenvalue weighted by Crippen LogP contribution is -1.89. The number of carbonyl (C=O) groups excluding carboxylic acids is 1. The Kier molecular flexibility index (Phi) is 3.77. The van der Waals surface area contributed by atoms with Gasteiger partial charge in [-0.25, -0.2) is 8.78 Å². The van der Waals surface area contributed by atoms with Crippen molar-refractivity contribution in [1.82, 2.24) is 4.98 Å². The molecular formula is C12H13F2NO. The van der Waals surface area contributed by atoms with Crippen molar-refractivity contribution in [2.45, 2.75) is 20.8 Å². The zero-order chi connectivity index (χ0) is 12.3. The maximum Gasteiger partial charge on any atom is 0.175 e. The smallest absolute Gasteiger partial charge is 0.175 e. The lowest BCUT2D eigenvalue weighted by molar-refractivity contribution is 0.101. The predicted octanol–water partition coefficient (Wildman–Crippen LogP) is 3.67. The van der Waals surface area contributed by atoms with E-state index in [1.54, 1.807) is 0 Å². The number of fused-ring (bicyclic) bond motifs is 1. The summed E-state index contributed by atoms with van der Waals surface area (Å²) in [5.41, 5.74) is 0.777. The highest BCUT2D eigenvalue weighted by Gasteiger charge is 2.08.